The summed E-state index contributed by atoms with van der Waals surface area (Å²) in [5, 5.41) is 0.0408. The third-order valence-corrected chi connectivity index (χ3v) is 5.28. The van der Waals surface area contributed by atoms with Crippen LogP contribution in [0.5, 0.6) is 0 Å². The topological polar surface area (TPSA) is 52.6 Å². The number of rotatable bonds is 5. The van der Waals surface area contributed by atoms with Gasteiger partial charge in [0.25, 0.3) is 0 Å². The molecule has 1 aromatic rings. The second kappa shape index (κ2) is 7.25. The molecule has 1 fully saturated rings. The van der Waals surface area contributed by atoms with Crippen LogP contribution in [-0.2, 0) is 14.1 Å². The lowest BCUT2D eigenvalue weighted by atomic mass is 9.78. The van der Waals surface area contributed by atoms with Crippen molar-refractivity contribution in [3.8, 4) is 0 Å². The maximum atomic E-state index is 11.4. The van der Waals surface area contributed by atoms with Gasteiger partial charge in [-0.15, -0.1) is 0 Å². The van der Waals surface area contributed by atoms with Crippen molar-refractivity contribution in [3.05, 3.63) is 40.9 Å². The molecule has 0 bridgehead atoms. The van der Waals surface area contributed by atoms with Crippen LogP contribution in [-0.4, -0.2) is 35.5 Å². The normalized spacial score (nSPS) is 19.4. The van der Waals surface area contributed by atoms with E-state index in [0.717, 1.165) is 17.3 Å². The number of carbonyl (C=O) groups is 2. The average molecular weight is 346 g/mol. The molecule has 1 aliphatic rings. The van der Waals surface area contributed by atoms with Crippen LogP contribution >= 0.6 is 11.8 Å². The fraction of sp³-hybridized carbons (Fsp3) is 0.444. The second-order valence-electron chi connectivity index (χ2n) is 6.88. The highest BCUT2D eigenvalue weighted by Gasteiger charge is 2.52. The average Bonchev–Trinajstić information content (AvgIpc) is 2.71. The Bertz CT molecular complexity index is 651. The lowest BCUT2D eigenvalue weighted by Crippen LogP contribution is -2.41. The molecule has 4 nitrogen and oxygen atoms in total. The molecule has 6 heteroatoms. The van der Waals surface area contributed by atoms with Gasteiger partial charge in [0.2, 0.25) is 0 Å². The van der Waals surface area contributed by atoms with Gasteiger partial charge in [0, 0.05) is 18.2 Å². The van der Waals surface area contributed by atoms with Crippen molar-refractivity contribution in [2.24, 2.45) is 0 Å². The predicted molar refractivity (Wildman–Crippen MR) is 99.0 cm³/mol. The summed E-state index contributed by atoms with van der Waals surface area (Å²) in [5.41, 5.74) is 1.48. The van der Waals surface area contributed by atoms with Gasteiger partial charge < -0.3 is 9.31 Å². The van der Waals surface area contributed by atoms with Crippen molar-refractivity contribution in [2.75, 3.05) is 5.75 Å². The highest BCUT2D eigenvalue weighted by molar-refractivity contribution is 8.13. The van der Waals surface area contributed by atoms with Crippen LogP contribution in [0.1, 0.15) is 50.5 Å². The zero-order chi connectivity index (χ0) is 18.0. The Morgan fingerprint density at radius 3 is 2.29 bits per heavy atom. The Morgan fingerprint density at radius 1 is 1.17 bits per heavy atom. The lowest BCUT2D eigenvalue weighted by molar-refractivity contribution is -0.109. The van der Waals surface area contributed by atoms with Crippen LogP contribution in [0.3, 0.4) is 0 Å². The standard InChI is InChI=1S/C18H23BO4S/c1-13(21)24-12-16(10-14-7-6-8-15(9-14)11-20)19-22-17(2,3)18(4,5)23-19/h6-11H,12H2,1-5H3. The highest BCUT2D eigenvalue weighted by Crippen LogP contribution is 2.39. The summed E-state index contributed by atoms with van der Waals surface area (Å²) in [6, 6.07) is 7.30. The molecule has 1 aromatic carbocycles. The summed E-state index contributed by atoms with van der Waals surface area (Å²) in [6.45, 7) is 9.52. The molecule has 0 radical (unpaired) electrons. The van der Waals surface area contributed by atoms with E-state index in [2.05, 4.69) is 0 Å². The molecule has 0 aromatic heterocycles. The number of hydrogen-bond donors (Lipinski definition) is 0. The van der Waals surface area contributed by atoms with Gasteiger partial charge in [-0.1, -0.05) is 36.0 Å². The molecule has 0 N–H and O–H groups in total. The summed E-state index contributed by atoms with van der Waals surface area (Å²) >= 11 is 1.22. The largest absolute Gasteiger partial charge is 0.491 e. The van der Waals surface area contributed by atoms with E-state index in [1.807, 2.05) is 45.9 Å². The summed E-state index contributed by atoms with van der Waals surface area (Å²) in [5.74, 6) is 0.484. The van der Waals surface area contributed by atoms with E-state index in [0.29, 0.717) is 11.3 Å². The van der Waals surface area contributed by atoms with E-state index in [4.69, 9.17) is 9.31 Å². The van der Waals surface area contributed by atoms with Crippen molar-refractivity contribution in [2.45, 2.75) is 45.8 Å². The lowest BCUT2D eigenvalue weighted by Gasteiger charge is -2.32. The van der Waals surface area contributed by atoms with Gasteiger partial charge >= 0.3 is 7.12 Å². The van der Waals surface area contributed by atoms with Crippen molar-refractivity contribution >= 4 is 36.4 Å². The van der Waals surface area contributed by atoms with Crippen LogP contribution in [0.2, 0.25) is 0 Å². The Hall–Kier alpha value is -1.37. The first-order chi connectivity index (χ1) is 11.1. The Balaban J connectivity index is 2.33. The minimum Gasteiger partial charge on any atom is -0.400 e. The number of carbonyl (C=O) groups excluding carboxylic acids is 2. The minimum atomic E-state index is -0.512. The molecule has 0 saturated carbocycles. The molecule has 1 saturated heterocycles. The van der Waals surface area contributed by atoms with Crippen LogP contribution in [0.15, 0.2) is 29.7 Å². The van der Waals surface area contributed by atoms with Crippen LogP contribution in [0.25, 0.3) is 6.08 Å². The fourth-order valence-electron chi connectivity index (χ4n) is 2.29. The zero-order valence-electron chi connectivity index (χ0n) is 14.8. The van der Waals surface area contributed by atoms with Gasteiger partial charge in [0.05, 0.1) is 11.2 Å². The van der Waals surface area contributed by atoms with E-state index in [9.17, 15) is 9.59 Å². The highest BCUT2D eigenvalue weighted by atomic mass is 32.2. The molecule has 1 heterocycles. The molecule has 1 aliphatic heterocycles. The molecule has 0 spiro atoms. The van der Waals surface area contributed by atoms with Crippen molar-refractivity contribution in [1.82, 2.24) is 0 Å². The van der Waals surface area contributed by atoms with Crippen molar-refractivity contribution in [1.29, 1.82) is 0 Å². The van der Waals surface area contributed by atoms with Crippen LogP contribution in [0, 0.1) is 0 Å². The third-order valence-electron chi connectivity index (χ3n) is 4.40. The van der Waals surface area contributed by atoms with E-state index >= 15 is 0 Å². The van der Waals surface area contributed by atoms with Crippen LogP contribution in [0.4, 0.5) is 0 Å². The van der Waals surface area contributed by atoms with Gasteiger partial charge in [-0.2, -0.15) is 0 Å². The number of thioether (sulfide) groups is 1. The zero-order valence-corrected chi connectivity index (χ0v) is 15.6. The van der Waals surface area contributed by atoms with E-state index < -0.39 is 18.3 Å². The fourth-order valence-corrected chi connectivity index (χ4v) is 2.88. The molecular weight excluding hydrogens is 323 g/mol. The molecule has 128 valence electrons. The first-order valence-electron chi connectivity index (χ1n) is 7.89. The van der Waals surface area contributed by atoms with E-state index in [-0.39, 0.29) is 5.12 Å². The summed E-state index contributed by atoms with van der Waals surface area (Å²) in [7, 11) is -0.512. The molecule has 2 rings (SSSR count). The minimum absolute atomic E-state index is 0.0408. The van der Waals surface area contributed by atoms with E-state index in [1.54, 1.807) is 19.1 Å². The predicted octanol–water partition coefficient (Wildman–Crippen LogP) is 3.79. The molecule has 0 amide bonds. The molecule has 0 aliphatic carbocycles. The molecular formula is C18H23BO4S. The SMILES string of the molecule is CC(=O)SCC(=Cc1cccc(C=O)c1)B1OC(C)(C)C(C)(C)O1. The molecule has 0 unspecified atom stereocenters. The van der Waals surface area contributed by atoms with Gasteiger partial charge in [-0.25, -0.2) is 0 Å². The number of benzene rings is 1. The van der Waals surface area contributed by atoms with Gasteiger partial charge in [0.1, 0.15) is 6.29 Å². The maximum Gasteiger partial charge on any atom is 0.491 e. The Morgan fingerprint density at radius 2 is 1.75 bits per heavy atom. The smallest absolute Gasteiger partial charge is 0.400 e. The summed E-state index contributed by atoms with van der Waals surface area (Å²) in [6.07, 6.45) is 2.75. The first kappa shape index (κ1) is 19.0. The quantitative estimate of drug-likeness (QED) is 0.600. The van der Waals surface area contributed by atoms with Crippen molar-refractivity contribution < 1.29 is 18.9 Å². The maximum absolute atomic E-state index is 11.4. The summed E-state index contributed by atoms with van der Waals surface area (Å²) in [4.78, 5) is 22.3. The summed E-state index contributed by atoms with van der Waals surface area (Å²) < 4.78 is 12.2. The molecule has 0 atom stereocenters. The van der Waals surface area contributed by atoms with Crippen molar-refractivity contribution in [3.63, 3.8) is 0 Å². The van der Waals surface area contributed by atoms with E-state index in [1.165, 1.54) is 11.8 Å². The number of hydrogen-bond acceptors (Lipinski definition) is 5. The van der Waals surface area contributed by atoms with Gasteiger partial charge in [0.15, 0.2) is 5.12 Å². The monoisotopic (exact) mass is 346 g/mol. The Kier molecular flexibility index (Phi) is 5.73. The first-order valence-corrected chi connectivity index (χ1v) is 8.88. The molecule has 24 heavy (non-hydrogen) atoms. The second-order valence-corrected chi connectivity index (χ2v) is 8.03. The van der Waals surface area contributed by atoms with Gasteiger partial charge in [-0.3, -0.25) is 9.59 Å². The van der Waals surface area contributed by atoms with Gasteiger partial charge in [-0.05, 0) is 44.8 Å². The Labute approximate surface area is 148 Å². The third kappa shape index (κ3) is 4.38. The number of aldehydes is 1. The van der Waals surface area contributed by atoms with Crippen LogP contribution < -0.4 is 0 Å².